The van der Waals surface area contributed by atoms with Gasteiger partial charge in [-0.1, -0.05) is 0 Å². The van der Waals surface area contributed by atoms with Crippen LogP contribution in [-0.4, -0.2) is 17.4 Å². The normalized spacial score (nSPS) is 4.50. The molecule has 0 aliphatic carbocycles. The van der Waals surface area contributed by atoms with Crippen molar-refractivity contribution < 1.29 is 14.4 Å². The van der Waals surface area contributed by atoms with Crippen molar-refractivity contribution in [2.45, 2.75) is 0 Å². The highest BCUT2D eigenvalue weighted by molar-refractivity contribution is 6.31. The van der Waals surface area contributed by atoms with E-state index in [1.165, 1.54) is 0 Å². The van der Waals surface area contributed by atoms with Crippen molar-refractivity contribution in [3.63, 3.8) is 0 Å². The molecule has 4 nitrogen and oxygen atoms in total. The summed E-state index contributed by atoms with van der Waals surface area (Å²) in [4.78, 5) is 0. The van der Waals surface area contributed by atoms with Gasteiger partial charge in [0.2, 0.25) is 0 Å². The van der Waals surface area contributed by atoms with E-state index >= 15 is 0 Å². The Labute approximate surface area is 35.3 Å². The monoisotopic (exact) mass is 98.1 g/mol. The zero-order valence-electron chi connectivity index (χ0n) is 3.26. The SMILES string of the molecule is N.N.OB(O)F. The molecule has 6 heavy (non-hydrogen) atoms. The predicted molar refractivity (Wildman–Crippen MR) is 21.3 cm³/mol. The van der Waals surface area contributed by atoms with Crippen LogP contribution in [0.5, 0.6) is 0 Å². The summed E-state index contributed by atoms with van der Waals surface area (Å²) < 4.78 is 10.1. The summed E-state index contributed by atoms with van der Waals surface area (Å²) in [6.45, 7) is 0. The Balaban J connectivity index is -0.0000000450. The molecule has 0 radical (unpaired) electrons. The molecule has 0 aromatic rings. The van der Waals surface area contributed by atoms with Crippen LogP contribution in [0.4, 0.5) is 4.32 Å². The first-order chi connectivity index (χ1) is 1.73. The van der Waals surface area contributed by atoms with E-state index in [0.29, 0.717) is 0 Å². The molecule has 0 rings (SSSR count). The molecule has 40 valence electrons. The van der Waals surface area contributed by atoms with Crippen molar-refractivity contribution >= 4 is 7.40 Å². The summed E-state index contributed by atoms with van der Waals surface area (Å²) >= 11 is 0. The van der Waals surface area contributed by atoms with Crippen molar-refractivity contribution in [1.29, 1.82) is 0 Å². The topological polar surface area (TPSA) is 110 Å². The van der Waals surface area contributed by atoms with Gasteiger partial charge in [-0.25, -0.2) is 0 Å². The maximum absolute atomic E-state index is 10.1. The second kappa shape index (κ2) is 8.85. The van der Waals surface area contributed by atoms with Gasteiger partial charge in [0.05, 0.1) is 0 Å². The van der Waals surface area contributed by atoms with Gasteiger partial charge in [0.1, 0.15) is 0 Å². The van der Waals surface area contributed by atoms with Gasteiger partial charge in [0.15, 0.2) is 0 Å². The number of hydrogen-bond donors (Lipinski definition) is 4. The fourth-order valence-electron chi connectivity index (χ4n) is 0. The van der Waals surface area contributed by atoms with E-state index in [9.17, 15) is 4.32 Å². The van der Waals surface area contributed by atoms with Crippen LogP contribution in [0.3, 0.4) is 0 Å². The van der Waals surface area contributed by atoms with E-state index in [1.807, 2.05) is 0 Å². The van der Waals surface area contributed by atoms with Crippen LogP contribution in [0.25, 0.3) is 0 Å². The third-order valence-corrected chi connectivity index (χ3v) is 0. The first kappa shape index (κ1) is 17.0. The van der Waals surface area contributed by atoms with E-state index in [0.717, 1.165) is 0 Å². The van der Waals surface area contributed by atoms with Gasteiger partial charge < -0.3 is 22.3 Å². The average Bonchev–Trinajstić information content (AvgIpc) is 0.811. The van der Waals surface area contributed by atoms with Crippen LogP contribution in [0.15, 0.2) is 0 Å². The van der Waals surface area contributed by atoms with Crippen molar-refractivity contribution in [2.75, 3.05) is 0 Å². The van der Waals surface area contributed by atoms with Crippen molar-refractivity contribution in [3.05, 3.63) is 0 Å². The summed E-state index contributed by atoms with van der Waals surface area (Å²) in [5.41, 5.74) is 0. The Kier molecular flexibility index (Phi) is 25.0. The maximum atomic E-state index is 10.1. The lowest BCUT2D eigenvalue weighted by Gasteiger charge is -1.65. The van der Waals surface area contributed by atoms with E-state index in [-0.39, 0.29) is 12.3 Å². The lowest BCUT2D eigenvalue weighted by atomic mass is 10.3. The molecule has 0 fully saturated rings. The Bertz CT molecular complexity index is 16.3. The first-order valence-electron chi connectivity index (χ1n) is 0.735. The summed E-state index contributed by atoms with van der Waals surface area (Å²) in [5.74, 6) is 0. The third-order valence-electron chi connectivity index (χ3n) is 0. The van der Waals surface area contributed by atoms with Crippen molar-refractivity contribution in [3.8, 4) is 0 Å². The van der Waals surface area contributed by atoms with Gasteiger partial charge in [0.25, 0.3) is 0 Å². The van der Waals surface area contributed by atoms with Crippen molar-refractivity contribution in [1.82, 2.24) is 12.3 Å². The summed E-state index contributed by atoms with van der Waals surface area (Å²) in [5, 5.41) is 13.9. The lowest BCUT2D eigenvalue weighted by Crippen LogP contribution is -1.98. The lowest BCUT2D eigenvalue weighted by molar-refractivity contribution is 0.340. The minimum atomic E-state index is -2.67. The van der Waals surface area contributed by atoms with E-state index in [1.54, 1.807) is 0 Å². The standard InChI is InChI=1S/BFH2O2.2H3N/c2-1(3)4;;/h3-4H;2*1H3. The van der Waals surface area contributed by atoms with Crippen LogP contribution in [0.2, 0.25) is 0 Å². The Morgan fingerprint density at radius 1 is 1.17 bits per heavy atom. The predicted octanol–water partition coefficient (Wildman–Crippen LogP) is -0.751. The minimum absolute atomic E-state index is 0. The molecule has 8 N–H and O–H groups in total. The molecule has 6 heteroatoms. The van der Waals surface area contributed by atoms with Gasteiger partial charge in [0, 0.05) is 0 Å². The molecule has 0 atom stereocenters. The molecule has 0 saturated heterocycles. The molecule has 0 aromatic carbocycles. The highest BCUT2D eigenvalue weighted by Crippen LogP contribution is 1.57. The van der Waals surface area contributed by atoms with Gasteiger partial charge in [-0.3, -0.25) is 4.32 Å². The molecule has 0 spiro atoms. The summed E-state index contributed by atoms with van der Waals surface area (Å²) in [7, 11) is -2.67. The molecule has 0 saturated carbocycles. The number of rotatable bonds is 0. The minimum Gasteiger partial charge on any atom is -0.398 e. The van der Waals surface area contributed by atoms with Gasteiger partial charge in [-0.15, -0.1) is 0 Å². The zero-order valence-corrected chi connectivity index (χ0v) is 3.26. The maximum Gasteiger partial charge on any atom is 0.674 e. The molecule has 0 amide bonds. The highest BCUT2D eigenvalue weighted by atomic mass is 19.1. The molecule has 0 unspecified atom stereocenters. The van der Waals surface area contributed by atoms with Crippen molar-refractivity contribution in [2.24, 2.45) is 0 Å². The Morgan fingerprint density at radius 3 is 1.17 bits per heavy atom. The average molecular weight is 97.9 g/mol. The fraction of sp³-hybridized carbons (Fsp3) is 0. The fourth-order valence-corrected chi connectivity index (χ4v) is 0. The summed E-state index contributed by atoms with van der Waals surface area (Å²) in [6.07, 6.45) is 0. The smallest absolute Gasteiger partial charge is 0.398 e. The molecule has 0 aliphatic heterocycles. The quantitative estimate of drug-likeness (QED) is 0.298. The zero-order chi connectivity index (χ0) is 3.58. The Hall–Kier alpha value is -0.165. The molecule has 0 aliphatic rings. The van der Waals surface area contributed by atoms with Crippen LogP contribution in [-0.2, 0) is 0 Å². The first-order valence-corrected chi connectivity index (χ1v) is 0.735. The second-order valence-electron chi connectivity index (χ2n) is 0.311. The number of hydrogen-bond acceptors (Lipinski definition) is 4. The molecule has 0 aromatic heterocycles. The van der Waals surface area contributed by atoms with Crippen LogP contribution in [0.1, 0.15) is 0 Å². The third kappa shape index (κ3) is 1130. The van der Waals surface area contributed by atoms with Crippen LogP contribution >= 0.6 is 0 Å². The van der Waals surface area contributed by atoms with Gasteiger partial charge in [-0.05, 0) is 0 Å². The van der Waals surface area contributed by atoms with Crippen LogP contribution in [0, 0.1) is 0 Å². The highest BCUT2D eigenvalue weighted by Gasteiger charge is 1.97. The van der Waals surface area contributed by atoms with E-state index < -0.39 is 7.40 Å². The number of halogens is 1. The van der Waals surface area contributed by atoms with E-state index in [4.69, 9.17) is 10.0 Å². The van der Waals surface area contributed by atoms with Crippen LogP contribution < -0.4 is 12.3 Å². The van der Waals surface area contributed by atoms with Gasteiger partial charge >= 0.3 is 7.40 Å². The molecular formula is H8BFN2O2. The molecule has 0 bridgehead atoms. The van der Waals surface area contributed by atoms with E-state index in [2.05, 4.69) is 0 Å². The largest absolute Gasteiger partial charge is 0.674 e. The summed E-state index contributed by atoms with van der Waals surface area (Å²) in [6, 6.07) is 0. The second-order valence-corrected chi connectivity index (χ2v) is 0.311. The van der Waals surface area contributed by atoms with Gasteiger partial charge in [-0.2, -0.15) is 0 Å². The molecular weight excluding hydrogens is 89.8 g/mol. The Morgan fingerprint density at radius 2 is 1.17 bits per heavy atom. The molecule has 0 heterocycles.